The van der Waals surface area contributed by atoms with E-state index in [4.69, 9.17) is 11.2 Å². The standard InChI is InChI=1S/C16H22N2O2/c1-5-6-17-12-16(19)18(4)7-8-20-15-10-13(2)9-14(3)11-15/h1,9-11,17H,6-8,12H2,2-4H3. The maximum atomic E-state index is 11.7. The summed E-state index contributed by atoms with van der Waals surface area (Å²) in [7, 11) is 1.75. The van der Waals surface area contributed by atoms with Crippen LogP contribution in [-0.4, -0.2) is 44.1 Å². The molecule has 0 aromatic heterocycles. The fourth-order valence-corrected chi connectivity index (χ4v) is 1.82. The number of rotatable bonds is 7. The minimum Gasteiger partial charge on any atom is -0.492 e. The number of ether oxygens (including phenoxy) is 1. The fourth-order valence-electron chi connectivity index (χ4n) is 1.82. The van der Waals surface area contributed by atoms with E-state index in [1.165, 1.54) is 11.1 Å². The van der Waals surface area contributed by atoms with Gasteiger partial charge in [0.2, 0.25) is 5.91 Å². The van der Waals surface area contributed by atoms with Gasteiger partial charge in [0.05, 0.1) is 19.6 Å². The van der Waals surface area contributed by atoms with Crippen molar-refractivity contribution in [2.75, 3.05) is 33.3 Å². The van der Waals surface area contributed by atoms with Crippen LogP contribution in [0.3, 0.4) is 0 Å². The topological polar surface area (TPSA) is 41.6 Å². The van der Waals surface area contributed by atoms with Crippen molar-refractivity contribution in [1.29, 1.82) is 0 Å². The number of aryl methyl sites for hydroxylation is 2. The molecule has 1 aromatic rings. The highest BCUT2D eigenvalue weighted by molar-refractivity contribution is 5.77. The lowest BCUT2D eigenvalue weighted by molar-refractivity contribution is -0.129. The number of nitrogens with one attached hydrogen (secondary N) is 1. The molecular formula is C16H22N2O2. The molecule has 4 heteroatoms. The fraction of sp³-hybridized carbons (Fsp3) is 0.438. The van der Waals surface area contributed by atoms with Gasteiger partial charge in [0.1, 0.15) is 12.4 Å². The molecule has 0 aliphatic heterocycles. The van der Waals surface area contributed by atoms with E-state index in [0.29, 0.717) is 19.7 Å². The van der Waals surface area contributed by atoms with Crippen molar-refractivity contribution in [3.05, 3.63) is 29.3 Å². The molecule has 0 saturated heterocycles. The summed E-state index contributed by atoms with van der Waals surface area (Å²) in [5, 5.41) is 2.87. The third-order valence-electron chi connectivity index (χ3n) is 2.82. The molecule has 108 valence electrons. The van der Waals surface area contributed by atoms with E-state index in [9.17, 15) is 4.79 Å². The average molecular weight is 274 g/mol. The van der Waals surface area contributed by atoms with E-state index in [1.54, 1.807) is 11.9 Å². The van der Waals surface area contributed by atoms with E-state index >= 15 is 0 Å². The molecule has 0 bridgehead atoms. The summed E-state index contributed by atoms with van der Waals surface area (Å²) >= 11 is 0. The van der Waals surface area contributed by atoms with Crippen LogP contribution in [0.1, 0.15) is 11.1 Å². The number of carbonyl (C=O) groups excluding carboxylic acids is 1. The van der Waals surface area contributed by atoms with E-state index in [1.807, 2.05) is 26.0 Å². The summed E-state index contributed by atoms with van der Waals surface area (Å²) < 4.78 is 5.67. The summed E-state index contributed by atoms with van der Waals surface area (Å²) in [6.07, 6.45) is 5.10. The number of likely N-dealkylation sites (N-methyl/N-ethyl adjacent to an activating group) is 1. The molecular weight excluding hydrogens is 252 g/mol. The van der Waals surface area contributed by atoms with Gasteiger partial charge in [0.25, 0.3) is 0 Å². The van der Waals surface area contributed by atoms with Crippen LogP contribution in [0.4, 0.5) is 0 Å². The van der Waals surface area contributed by atoms with Crippen molar-refractivity contribution in [3.63, 3.8) is 0 Å². The van der Waals surface area contributed by atoms with Gasteiger partial charge in [-0.1, -0.05) is 12.0 Å². The molecule has 0 aliphatic rings. The first-order chi connectivity index (χ1) is 9.52. The second-order valence-corrected chi connectivity index (χ2v) is 4.79. The van der Waals surface area contributed by atoms with Crippen LogP contribution in [0.5, 0.6) is 5.75 Å². The Morgan fingerprint density at radius 1 is 1.35 bits per heavy atom. The molecule has 4 nitrogen and oxygen atoms in total. The van der Waals surface area contributed by atoms with E-state index in [-0.39, 0.29) is 12.5 Å². The maximum Gasteiger partial charge on any atom is 0.236 e. The van der Waals surface area contributed by atoms with Gasteiger partial charge in [0, 0.05) is 7.05 Å². The number of benzene rings is 1. The van der Waals surface area contributed by atoms with E-state index in [0.717, 1.165) is 5.75 Å². The van der Waals surface area contributed by atoms with E-state index < -0.39 is 0 Å². The van der Waals surface area contributed by atoms with Gasteiger partial charge < -0.3 is 9.64 Å². The third kappa shape index (κ3) is 5.77. The third-order valence-corrected chi connectivity index (χ3v) is 2.82. The molecule has 0 spiro atoms. The Kier molecular flexibility index (Phi) is 6.61. The lowest BCUT2D eigenvalue weighted by Gasteiger charge is -2.17. The van der Waals surface area contributed by atoms with Crippen molar-refractivity contribution in [2.24, 2.45) is 0 Å². The number of nitrogens with zero attached hydrogens (tertiary/aromatic N) is 1. The maximum absolute atomic E-state index is 11.7. The normalized spacial score (nSPS) is 9.90. The second-order valence-electron chi connectivity index (χ2n) is 4.79. The van der Waals surface area contributed by atoms with Gasteiger partial charge in [-0.15, -0.1) is 6.42 Å². The van der Waals surface area contributed by atoms with Crippen molar-refractivity contribution in [3.8, 4) is 18.1 Å². The Bertz CT molecular complexity index is 471. The Balaban J connectivity index is 2.32. The van der Waals surface area contributed by atoms with Gasteiger partial charge in [-0.2, -0.15) is 0 Å². The second kappa shape index (κ2) is 8.23. The summed E-state index contributed by atoms with van der Waals surface area (Å²) in [5.41, 5.74) is 2.34. The van der Waals surface area contributed by atoms with Gasteiger partial charge in [-0.3, -0.25) is 10.1 Å². The predicted octanol–water partition coefficient (Wildman–Crippen LogP) is 1.36. The molecule has 0 atom stereocenters. The van der Waals surface area contributed by atoms with Crippen molar-refractivity contribution >= 4 is 5.91 Å². The highest BCUT2D eigenvalue weighted by atomic mass is 16.5. The van der Waals surface area contributed by atoms with Crippen molar-refractivity contribution in [1.82, 2.24) is 10.2 Å². The zero-order valence-electron chi connectivity index (χ0n) is 12.4. The van der Waals surface area contributed by atoms with E-state index in [2.05, 4.69) is 17.3 Å². The van der Waals surface area contributed by atoms with Crippen molar-refractivity contribution < 1.29 is 9.53 Å². The lowest BCUT2D eigenvalue weighted by Crippen LogP contribution is -2.37. The quantitative estimate of drug-likeness (QED) is 0.603. The zero-order chi connectivity index (χ0) is 15.0. The Morgan fingerprint density at radius 3 is 2.60 bits per heavy atom. The SMILES string of the molecule is C#CCNCC(=O)N(C)CCOc1cc(C)cc(C)c1. The highest BCUT2D eigenvalue weighted by Crippen LogP contribution is 2.15. The minimum absolute atomic E-state index is 0.00396. The summed E-state index contributed by atoms with van der Waals surface area (Å²) in [4.78, 5) is 13.3. The van der Waals surface area contributed by atoms with Gasteiger partial charge in [0.15, 0.2) is 0 Å². The molecule has 1 aromatic carbocycles. The molecule has 0 saturated carbocycles. The largest absolute Gasteiger partial charge is 0.492 e. The van der Waals surface area contributed by atoms with Gasteiger partial charge >= 0.3 is 0 Å². The van der Waals surface area contributed by atoms with Crippen LogP contribution in [-0.2, 0) is 4.79 Å². The zero-order valence-corrected chi connectivity index (χ0v) is 12.4. The Morgan fingerprint density at radius 2 is 2.00 bits per heavy atom. The molecule has 0 radical (unpaired) electrons. The molecule has 0 fully saturated rings. The summed E-state index contributed by atoms with van der Waals surface area (Å²) in [6, 6.07) is 6.08. The monoisotopic (exact) mass is 274 g/mol. The first kappa shape index (κ1) is 16.1. The summed E-state index contributed by atoms with van der Waals surface area (Å²) in [6.45, 7) is 5.74. The number of amides is 1. The minimum atomic E-state index is 0.00396. The Labute approximate surface area is 121 Å². The first-order valence-electron chi connectivity index (χ1n) is 6.62. The number of hydrogen-bond donors (Lipinski definition) is 1. The van der Waals surface area contributed by atoms with Crippen LogP contribution in [0.15, 0.2) is 18.2 Å². The lowest BCUT2D eigenvalue weighted by atomic mass is 10.1. The highest BCUT2D eigenvalue weighted by Gasteiger charge is 2.07. The molecule has 0 unspecified atom stereocenters. The van der Waals surface area contributed by atoms with Crippen LogP contribution >= 0.6 is 0 Å². The van der Waals surface area contributed by atoms with Crippen LogP contribution in [0.25, 0.3) is 0 Å². The molecule has 0 aliphatic carbocycles. The van der Waals surface area contributed by atoms with Crippen molar-refractivity contribution in [2.45, 2.75) is 13.8 Å². The molecule has 20 heavy (non-hydrogen) atoms. The summed E-state index contributed by atoms with van der Waals surface area (Å²) in [5.74, 6) is 3.28. The predicted molar refractivity (Wildman–Crippen MR) is 80.8 cm³/mol. The van der Waals surface area contributed by atoms with Gasteiger partial charge in [-0.25, -0.2) is 0 Å². The van der Waals surface area contributed by atoms with Crippen LogP contribution < -0.4 is 10.1 Å². The Hall–Kier alpha value is -1.99. The molecule has 1 rings (SSSR count). The van der Waals surface area contributed by atoms with Crippen LogP contribution in [0, 0.1) is 26.2 Å². The molecule has 1 amide bonds. The molecule has 0 heterocycles. The number of hydrogen-bond acceptors (Lipinski definition) is 3. The van der Waals surface area contributed by atoms with Gasteiger partial charge in [-0.05, 0) is 37.1 Å². The molecule has 1 N–H and O–H groups in total. The van der Waals surface area contributed by atoms with Crippen LogP contribution in [0.2, 0.25) is 0 Å². The smallest absolute Gasteiger partial charge is 0.236 e. The number of carbonyl (C=O) groups is 1. The average Bonchev–Trinajstić information content (AvgIpc) is 2.37. The number of terminal acetylenes is 1. The first-order valence-corrected chi connectivity index (χ1v) is 6.62.